The number of nitrogens with one attached hydrogen (secondary N) is 2. The van der Waals surface area contributed by atoms with Crippen LogP contribution in [0.15, 0.2) is 119 Å². The fourth-order valence-corrected chi connectivity index (χ4v) is 7.76. The quantitative estimate of drug-likeness (QED) is 0.0395. The van der Waals surface area contributed by atoms with Crippen molar-refractivity contribution in [2.45, 2.75) is 117 Å². The summed E-state index contributed by atoms with van der Waals surface area (Å²) >= 11 is 1.60. The molecule has 64 heavy (non-hydrogen) atoms. The lowest BCUT2D eigenvalue weighted by molar-refractivity contribution is -0.192. The molecule has 4 aromatic carbocycles. The molecular weight excluding hydrogens is 846 g/mol. The average molecular weight is 907 g/mol. The van der Waals surface area contributed by atoms with Gasteiger partial charge in [-0.3, -0.25) is 19.2 Å². The Bertz CT molecular complexity index is 1930. The minimum atomic E-state index is -5.08. The largest absolute Gasteiger partial charge is 0.490 e. The summed E-state index contributed by atoms with van der Waals surface area (Å²) in [5, 5.41) is 13.0. The van der Waals surface area contributed by atoms with Gasteiger partial charge >= 0.3 is 12.1 Å². The highest BCUT2D eigenvalue weighted by Crippen LogP contribution is 2.34. The molecule has 0 aromatic heterocycles. The van der Waals surface area contributed by atoms with Gasteiger partial charge in [0.25, 0.3) is 0 Å². The minimum absolute atomic E-state index is 0.0563. The van der Waals surface area contributed by atoms with Gasteiger partial charge in [0.15, 0.2) is 11.6 Å². The molecule has 0 bridgehead atoms. The van der Waals surface area contributed by atoms with E-state index in [0.29, 0.717) is 77.3 Å². The van der Waals surface area contributed by atoms with Crippen LogP contribution in [-0.2, 0) is 49.7 Å². The van der Waals surface area contributed by atoms with E-state index >= 15 is 0 Å². The summed E-state index contributed by atoms with van der Waals surface area (Å²) in [4.78, 5) is 64.2. The van der Waals surface area contributed by atoms with Crippen molar-refractivity contribution < 1.29 is 42.3 Å². The predicted molar refractivity (Wildman–Crippen MR) is 243 cm³/mol. The lowest BCUT2D eigenvalue weighted by atomic mass is 9.99. The Morgan fingerprint density at radius 1 is 0.547 bits per heavy atom. The predicted octanol–water partition coefficient (Wildman–Crippen LogP) is 5.84. The van der Waals surface area contributed by atoms with Crippen molar-refractivity contribution in [1.29, 1.82) is 0 Å². The third-order valence-electron chi connectivity index (χ3n) is 10.3. The van der Waals surface area contributed by atoms with Crippen LogP contribution >= 0.6 is 11.8 Å². The summed E-state index contributed by atoms with van der Waals surface area (Å²) in [5.74, 6) is -3.53. The highest BCUT2D eigenvalue weighted by atomic mass is 32.2. The fraction of sp³-hybridized carbons (Fsp3) is 0.396. The van der Waals surface area contributed by atoms with Crippen LogP contribution in [0.3, 0.4) is 0 Å². The van der Waals surface area contributed by atoms with E-state index in [-0.39, 0.29) is 36.2 Å². The lowest BCUT2D eigenvalue weighted by Crippen LogP contribution is -2.48. The number of carboxylic acid groups (broad SMARTS) is 1. The Morgan fingerprint density at radius 2 is 0.891 bits per heavy atom. The molecule has 4 rings (SSSR count). The Kier molecular flexibility index (Phi) is 23.5. The molecule has 12 nitrogen and oxygen atoms in total. The maximum Gasteiger partial charge on any atom is 0.490 e. The van der Waals surface area contributed by atoms with E-state index in [4.69, 9.17) is 32.8 Å². The van der Waals surface area contributed by atoms with Gasteiger partial charge in [-0.15, -0.1) is 0 Å². The first kappa shape index (κ1) is 53.0. The second-order valence-corrected chi connectivity index (χ2v) is 16.4. The molecule has 16 heteroatoms. The van der Waals surface area contributed by atoms with Gasteiger partial charge in [0.2, 0.25) is 11.8 Å². The zero-order valence-electron chi connectivity index (χ0n) is 35.9. The number of hydrogen-bond acceptors (Lipinski definition) is 10. The SMILES string of the molecule is NCCC[C@H](NC(=O)[C@@H](N)CCc1ccccc1)C(=O)CCc1ccccc1Sc1ccccc1CCC(=O)[C@H](CCCN)NC(=O)[C@@H](N)CCc1ccccc1.O=C(O)C(F)(F)F. The Labute approximate surface area is 377 Å². The fourth-order valence-electron chi connectivity index (χ4n) is 6.63. The maximum atomic E-state index is 13.6. The molecule has 2 amide bonds. The van der Waals surface area contributed by atoms with E-state index in [2.05, 4.69) is 10.6 Å². The van der Waals surface area contributed by atoms with Gasteiger partial charge in [0, 0.05) is 22.6 Å². The second-order valence-electron chi connectivity index (χ2n) is 15.3. The Hall–Kier alpha value is -5.39. The molecule has 0 heterocycles. The van der Waals surface area contributed by atoms with Crippen molar-refractivity contribution in [3.8, 4) is 0 Å². The highest BCUT2D eigenvalue weighted by Gasteiger charge is 2.38. The van der Waals surface area contributed by atoms with Gasteiger partial charge in [0.1, 0.15) is 0 Å². The van der Waals surface area contributed by atoms with Crippen molar-refractivity contribution in [2.24, 2.45) is 22.9 Å². The number of benzene rings is 4. The number of alkyl halides is 3. The highest BCUT2D eigenvalue weighted by molar-refractivity contribution is 7.99. The number of nitrogens with two attached hydrogens (primary N) is 4. The molecule has 4 atom stereocenters. The number of rotatable bonds is 26. The molecule has 346 valence electrons. The van der Waals surface area contributed by atoms with E-state index in [1.165, 1.54) is 0 Å². The van der Waals surface area contributed by atoms with Crippen molar-refractivity contribution in [2.75, 3.05) is 13.1 Å². The molecule has 0 saturated carbocycles. The number of hydrogen-bond donors (Lipinski definition) is 7. The molecular formula is C48H61F3N6O6S. The van der Waals surface area contributed by atoms with Crippen LogP contribution in [-0.4, -0.2) is 77.9 Å². The van der Waals surface area contributed by atoms with E-state index in [1.807, 2.05) is 109 Å². The van der Waals surface area contributed by atoms with Gasteiger partial charge in [-0.1, -0.05) is 109 Å². The number of carboxylic acids is 1. The molecule has 0 unspecified atom stereocenters. The van der Waals surface area contributed by atoms with Gasteiger partial charge in [-0.2, -0.15) is 13.2 Å². The van der Waals surface area contributed by atoms with Crippen LogP contribution in [0.25, 0.3) is 0 Å². The molecule has 0 aliphatic carbocycles. The first-order valence-corrected chi connectivity index (χ1v) is 22.2. The number of Topliss-reactive ketones (excluding diaryl/α,β-unsaturated/α-hetero) is 2. The molecule has 0 saturated heterocycles. The van der Waals surface area contributed by atoms with Crippen molar-refractivity contribution >= 4 is 41.1 Å². The number of amides is 2. The number of aryl methyl sites for hydroxylation is 4. The number of halogens is 3. The summed E-state index contributed by atoms with van der Waals surface area (Å²) in [5.41, 5.74) is 28.3. The zero-order chi connectivity index (χ0) is 46.9. The smallest absolute Gasteiger partial charge is 0.475 e. The summed E-state index contributed by atoms with van der Waals surface area (Å²) in [7, 11) is 0. The second kappa shape index (κ2) is 28.4. The first-order chi connectivity index (χ1) is 30.6. The molecule has 11 N–H and O–H groups in total. The normalized spacial score (nSPS) is 13.0. The zero-order valence-corrected chi connectivity index (χ0v) is 36.8. The van der Waals surface area contributed by atoms with Crippen LogP contribution in [0.1, 0.15) is 73.6 Å². The molecule has 0 aliphatic heterocycles. The molecule has 0 spiro atoms. The summed E-state index contributed by atoms with van der Waals surface area (Å²) in [6.07, 6.45) is 0.789. The minimum Gasteiger partial charge on any atom is -0.475 e. The molecule has 0 radical (unpaired) electrons. The molecule has 4 aromatic rings. The van der Waals surface area contributed by atoms with Gasteiger partial charge < -0.3 is 38.7 Å². The summed E-state index contributed by atoms with van der Waals surface area (Å²) in [6.45, 7) is 0.826. The maximum absolute atomic E-state index is 13.6. The van der Waals surface area contributed by atoms with Gasteiger partial charge in [-0.05, 0) is 112 Å². The molecule has 0 aliphatic rings. The summed E-state index contributed by atoms with van der Waals surface area (Å²) < 4.78 is 31.7. The number of ketones is 2. The molecule has 0 fully saturated rings. The number of carbonyl (C=O) groups is 5. The van der Waals surface area contributed by atoms with Gasteiger partial charge in [0.05, 0.1) is 24.2 Å². The van der Waals surface area contributed by atoms with E-state index < -0.39 is 36.3 Å². The van der Waals surface area contributed by atoms with Crippen LogP contribution in [0, 0.1) is 0 Å². The first-order valence-electron chi connectivity index (χ1n) is 21.4. The monoisotopic (exact) mass is 906 g/mol. The summed E-state index contributed by atoms with van der Waals surface area (Å²) in [6, 6.07) is 32.9. The van der Waals surface area contributed by atoms with Crippen molar-refractivity contribution in [3.63, 3.8) is 0 Å². The van der Waals surface area contributed by atoms with E-state index in [9.17, 15) is 32.3 Å². The van der Waals surface area contributed by atoms with Crippen LogP contribution in [0.2, 0.25) is 0 Å². The third kappa shape index (κ3) is 19.6. The van der Waals surface area contributed by atoms with E-state index in [0.717, 1.165) is 32.0 Å². The van der Waals surface area contributed by atoms with Crippen molar-refractivity contribution in [1.82, 2.24) is 10.6 Å². The van der Waals surface area contributed by atoms with E-state index in [1.54, 1.807) is 11.8 Å². The van der Waals surface area contributed by atoms with Gasteiger partial charge in [-0.25, -0.2) is 4.79 Å². The number of aliphatic carboxylic acids is 1. The standard InChI is InChI=1S/C46H60N6O4S.C2HF3O2/c47-31-11-19-39(51-45(55)37(49)27-23-33-13-3-1-4-14-33)41(53)29-25-35-17-7-9-21-43(35)57-44-22-10-8-18-36(44)26-30-42(54)40(20-12-32-48)52-46(56)38(50)28-24-34-15-5-2-6-16-34;3-2(4,5)1(6)7/h1-10,13-18,21-22,37-40H,11-12,19-20,23-32,47-50H2,(H,51,55)(H,52,56);(H,6,7)/t37-,38-,39-,40-;/m0./s1. The third-order valence-corrected chi connectivity index (χ3v) is 11.6. The van der Waals surface area contributed by atoms with Crippen LogP contribution in [0.4, 0.5) is 13.2 Å². The lowest BCUT2D eigenvalue weighted by Gasteiger charge is -2.21. The average Bonchev–Trinajstić information content (AvgIpc) is 3.29. The van der Waals surface area contributed by atoms with Crippen LogP contribution < -0.4 is 33.6 Å². The Morgan fingerprint density at radius 3 is 1.23 bits per heavy atom. The topological polar surface area (TPSA) is 234 Å². The number of carbonyl (C=O) groups excluding carboxylic acids is 4. The Balaban J connectivity index is 0.00000143. The van der Waals surface area contributed by atoms with Crippen LogP contribution in [0.5, 0.6) is 0 Å². The van der Waals surface area contributed by atoms with Crippen molar-refractivity contribution in [3.05, 3.63) is 131 Å².